The lowest BCUT2D eigenvalue weighted by Gasteiger charge is -2.09. The average molecular weight is 367 g/mol. The van der Waals surface area contributed by atoms with Gasteiger partial charge in [0, 0.05) is 5.56 Å². The maximum atomic E-state index is 12.2. The number of benzene rings is 2. The fraction of sp³-hybridized carbons (Fsp3) is 0.250. The molecule has 3 rings (SSSR count). The van der Waals surface area contributed by atoms with Gasteiger partial charge in [-0.25, -0.2) is 4.63 Å². The van der Waals surface area contributed by atoms with Gasteiger partial charge in [0.25, 0.3) is 5.91 Å². The number of hydrogen-bond donors (Lipinski definition) is 1. The van der Waals surface area contributed by atoms with E-state index in [0.717, 1.165) is 22.4 Å². The van der Waals surface area contributed by atoms with Crippen LogP contribution in [-0.4, -0.2) is 29.4 Å². The molecular formula is C20H21N3O4. The number of nitrogens with zero attached hydrogens (tertiary/aromatic N) is 2. The lowest BCUT2D eigenvalue weighted by atomic mass is 10.1. The Morgan fingerprint density at radius 3 is 2.56 bits per heavy atom. The highest BCUT2D eigenvalue weighted by Crippen LogP contribution is 2.29. The number of hydrogen-bond acceptors (Lipinski definition) is 6. The van der Waals surface area contributed by atoms with Gasteiger partial charge in [0.15, 0.2) is 12.3 Å². The van der Waals surface area contributed by atoms with Gasteiger partial charge in [-0.2, -0.15) is 0 Å². The van der Waals surface area contributed by atoms with Crippen LogP contribution in [0.4, 0.5) is 5.82 Å². The molecule has 0 atom stereocenters. The molecule has 0 aliphatic rings. The molecule has 1 aromatic heterocycles. The molecule has 0 saturated carbocycles. The summed E-state index contributed by atoms with van der Waals surface area (Å²) in [5.74, 6) is 1.36. The van der Waals surface area contributed by atoms with E-state index in [1.54, 1.807) is 0 Å². The second-order valence-electron chi connectivity index (χ2n) is 5.98. The molecule has 7 heteroatoms. The lowest BCUT2D eigenvalue weighted by Crippen LogP contribution is -2.21. The van der Waals surface area contributed by atoms with E-state index in [1.807, 2.05) is 63.2 Å². The van der Waals surface area contributed by atoms with Gasteiger partial charge < -0.3 is 14.8 Å². The van der Waals surface area contributed by atoms with Crippen molar-refractivity contribution in [3.05, 3.63) is 53.6 Å². The number of rotatable bonds is 7. The van der Waals surface area contributed by atoms with Gasteiger partial charge in [-0.1, -0.05) is 18.2 Å². The molecule has 0 aliphatic carbocycles. The number of carbonyl (C=O) groups is 1. The Hall–Kier alpha value is -3.35. The monoisotopic (exact) mass is 367 g/mol. The van der Waals surface area contributed by atoms with Crippen LogP contribution in [0.1, 0.15) is 18.1 Å². The Morgan fingerprint density at radius 2 is 1.81 bits per heavy atom. The quantitative estimate of drug-likeness (QED) is 0.684. The zero-order valence-corrected chi connectivity index (χ0v) is 15.5. The van der Waals surface area contributed by atoms with Crippen LogP contribution in [0.25, 0.3) is 11.3 Å². The normalized spacial score (nSPS) is 10.5. The van der Waals surface area contributed by atoms with E-state index >= 15 is 0 Å². The Labute approximate surface area is 157 Å². The summed E-state index contributed by atoms with van der Waals surface area (Å²) in [5, 5.41) is 10.4. The Bertz CT molecular complexity index is 936. The fourth-order valence-corrected chi connectivity index (χ4v) is 2.60. The van der Waals surface area contributed by atoms with Gasteiger partial charge in [0.2, 0.25) is 5.82 Å². The smallest absolute Gasteiger partial charge is 0.263 e. The van der Waals surface area contributed by atoms with Crippen LogP contribution in [0.2, 0.25) is 0 Å². The number of aryl methyl sites for hydroxylation is 2. The topological polar surface area (TPSA) is 86.5 Å². The molecule has 140 valence electrons. The van der Waals surface area contributed by atoms with Gasteiger partial charge in [-0.15, -0.1) is 0 Å². The maximum Gasteiger partial charge on any atom is 0.263 e. The molecule has 0 spiro atoms. The summed E-state index contributed by atoms with van der Waals surface area (Å²) in [6.07, 6.45) is 0. The number of aromatic nitrogens is 2. The number of nitrogens with one attached hydrogen (secondary N) is 1. The van der Waals surface area contributed by atoms with Crippen LogP contribution < -0.4 is 14.8 Å². The summed E-state index contributed by atoms with van der Waals surface area (Å²) in [6, 6.07) is 13.1. The lowest BCUT2D eigenvalue weighted by molar-refractivity contribution is -0.118. The number of carbonyl (C=O) groups excluding carboxylic acids is 1. The van der Waals surface area contributed by atoms with Crippen molar-refractivity contribution in [2.45, 2.75) is 20.8 Å². The van der Waals surface area contributed by atoms with Crippen molar-refractivity contribution in [2.24, 2.45) is 0 Å². The Balaban J connectivity index is 1.69. The predicted octanol–water partition coefficient (Wildman–Crippen LogP) is 3.77. The second-order valence-corrected chi connectivity index (χ2v) is 5.98. The van der Waals surface area contributed by atoms with Crippen LogP contribution in [0.5, 0.6) is 11.5 Å². The van der Waals surface area contributed by atoms with Crippen LogP contribution in [0.3, 0.4) is 0 Å². The highest BCUT2D eigenvalue weighted by Gasteiger charge is 2.16. The second kappa shape index (κ2) is 8.35. The zero-order chi connectivity index (χ0) is 19.2. The van der Waals surface area contributed by atoms with E-state index in [-0.39, 0.29) is 18.3 Å². The van der Waals surface area contributed by atoms with Gasteiger partial charge in [0.1, 0.15) is 11.5 Å². The van der Waals surface area contributed by atoms with Crippen molar-refractivity contribution in [3.63, 3.8) is 0 Å². The average Bonchev–Trinajstić information content (AvgIpc) is 3.11. The molecule has 0 saturated heterocycles. The van der Waals surface area contributed by atoms with E-state index in [9.17, 15) is 4.79 Å². The number of anilines is 1. The summed E-state index contributed by atoms with van der Waals surface area (Å²) in [5.41, 5.74) is 3.13. The van der Waals surface area contributed by atoms with Crippen molar-refractivity contribution in [3.8, 4) is 22.8 Å². The third-order valence-electron chi connectivity index (χ3n) is 3.95. The van der Waals surface area contributed by atoms with E-state index < -0.39 is 0 Å². The molecule has 0 unspecified atom stereocenters. The minimum atomic E-state index is -0.349. The molecule has 0 aliphatic heterocycles. The molecule has 0 bridgehead atoms. The van der Waals surface area contributed by atoms with Crippen LogP contribution in [0.15, 0.2) is 47.1 Å². The first kappa shape index (κ1) is 18.4. The van der Waals surface area contributed by atoms with Crippen molar-refractivity contribution < 1.29 is 18.9 Å². The molecule has 1 N–H and O–H groups in total. The third kappa shape index (κ3) is 4.44. The third-order valence-corrected chi connectivity index (χ3v) is 3.95. The molecule has 27 heavy (non-hydrogen) atoms. The minimum absolute atomic E-state index is 0.139. The largest absolute Gasteiger partial charge is 0.494 e. The first-order valence-corrected chi connectivity index (χ1v) is 8.63. The zero-order valence-electron chi connectivity index (χ0n) is 15.5. The minimum Gasteiger partial charge on any atom is -0.494 e. The summed E-state index contributed by atoms with van der Waals surface area (Å²) in [4.78, 5) is 12.2. The Morgan fingerprint density at radius 1 is 1.04 bits per heavy atom. The summed E-state index contributed by atoms with van der Waals surface area (Å²) in [6.45, 7) is 6.24. The highest BCUT2D eigenvalue weighted by atomic mass is 16.6. The van der Waals surface area contributed by atoms with Crippen molar-refractivity contribution in [1.82, 2.24) is 10.3 Å². The number of amides is 1. The van der Waals surface area contributed by atoms with Gasteiger partial charge in [0.05, 0.1) is 6.61 Å². The molecule has 0 radical (unpaired) electrons. The standard InChI is InChI=1S/C20H21N3O4/c1-4-25-17-10-9-15(11-14(17)3)19-20(23-27-22-19)21-18(24)12-26-16-8-6-5-7-13(16)2/h5-11H,4,12H2,1-3H3,(H,21,23,24). The van der Waals surface area contributed by atoms with Crippen LogP contribution in [0, 0.1) is 13.8 Å². The van der Waals surface area contributed by atoms with Crippen molar-refractivity contribution >= 4 is 11.7 Å². The molecule has 1 amide bonds. The molecule has 7 nitrogen and oxygen atoms in total. The molecule has 3 aromatic rings. The maximum absolute atomic E-state index is 12.2. The van der Waals surface area contributed by atoms with E-state index in [4.69, 9.17) is 14.1 Å². The summed E-state index contributed by atoms with van der Waals surface area (Å²) in [7, 11) is 0. The van der Waals surface area contributed by atoms with Crippen molar-refractivity contribution in [2.75, 3.05) is 18.5 Å². The SMILES string of the molecule is CCOc1ccc(-c2nonc2NC(=O)COc2ccccc2C)cc1C. The van der Waals surface area contributed by atoms with Gasteiger partial charge >= 0.3 is 0 Å². The number of ether oxygens (including phenoxy) is 2. The first-order chi connectivity index (χ1) is 13.1. The summed E-state index contributed by atoms with van der Waals surface area (Å²) < 4.78 is 15.9. The predicted molar refractivity (Wildman–Crippen MR) is 101 cm³/mol. The first-order valence-electron chi connectivity index (χ1n) is 8.63. The molecule has 0 fully saturated rings. The van der Waals surface area contributed by atoms with E-state index in [2.05, 4.69) is 15.6 Å². The van der Waals surface area contributed by atoms with Gasteiger partial charge in [-0.05, 0) is 66.5 Å². The van der Waals surface area contributed by atoms with Crippen LogP contribution >= 0.6 is 0 Å². The Kier molecular flexibility index (Phi) is 5.71. The van der Waals surface area contributed by atoms with Crippen LogP contribution in [-0.2, 0) is 4.79 Å². The fourth-order valence-electron chi connectivity index (χ4n) is 2.60. The van der Waals surface area contributed by atoms with Crippen molar-refractivity contribution in [1.29, 1.82) is 0 Å². The highest BCUT2D eigenvalue weighted by molar-refractivity contribution is 5.94. The molecular weight excluding hydrogens is 346 g/mol. The summed E-state index contributed by atoms with van der Waals surface area (Å²) >= 11 is 0. The van der Waals surface area contributed by atoms with Gasteiger partial charge in [-0.3, -0.25) is 4.79 Å². The molecule has 1 heterocycles. The van der Waals surface area contributed by atoms with E-state index in [0.29, 0.717) is 18.1 Å². The molecule has 2 aromatic carbocycles. The van der Waals surface area contributed by atoms with E-state index in [1.165, 1.54) is 0 Å². The number of para-hydroxylation sites is 1.